The van der Waals surface area contributed by atoms with E-state index in [1.54, 1.807) is 0 Å². The lowest BCUT2D eigenvalue weighted by Crippen LogP contribution is -2.34. The summed E-state index contributed by atoms with van der Waals surface area (Å²) < 4.78 is 2.25. The molecule has 19 heavy (non-hydrogen) atoms. The number of thioether (sulfide) groups is 1. The molecule has 0 amide bonds. The lowest BCUT2D eigenvalue weighted by Gasteiger charge is -2.32. The highest BCUT2D eigenvalue weighted by Gasteiger charge is 2.23. The number of aryl methyl sites for hydroxylation is 1. The Hall–Kier alpha value is -1.01. The molecule has 0 aliphatic carbocycles. The number of likely N-dealkylation sites (N-methyl/N-ethyl adjacent to an activating group) is 1. The maximum Gasteiger partial charge on any atom is 0.313 e. The molecule has 1 unspecified atom stereocenters. The maximum absolute atomic E-state index is 10.7. The summed E-state index contributed by atoms with van der Waals surface area (Å²) in [6.45, 7) is 4.28. The van der Waals surface area contributed by atoms with Gasteiger partial charge >= 0.3 is 5.97 Å². The summed E-state index contributed by atoms with van der Waals surface area (Å²) in [7, 11) is 2.14. The first kappa shape index (κ1) is 14.4. The number of carbonyl (C=O) groups is 1. The molecule has 1 atom stereocenters. The van der Waals surface area contributed by atoms with Gasteiger partial charge in [0.15, 0.2) is 5.16 Å². The smallest absolute Gasteiger partial charge is 0.313 e. The third-order valence-corrected chi connectivity index (χ3v) is 4.44. The third-order valence-electron chi connectivity index (χ3n) is 3.49. The van der Waals surface area contributed by atoms with Crippen LogP contribution in [0.25, 0.3) is 0 Å². The molecule has 2 heterocycles. The van der Waals surface area contributed by atoms with Crippen molar-refractivity contribution in [3.63, 3.8) is 0 Å². The number of hydrogen-bond donors (Lipinski definition) is 1. The standard InChI is InChI=1S/C13H21N3O2S/c1-3-10-7-14-13(19-9-12(17)18)16(10)11-5-4-6-15(2)8-11/h7,11H,3-6,8-9H2,1-2H3,(H,17,18). The highest BCUT2D eigenvalue weighted by Crippen LogP contribution is 2.28. The molecule has 106 valence electrons. The fourth-order valence-corrected chi connectivity index (χ4v) is 3.40. The first-order valence-corrected chi connectivity index (χ1v) is 7.69. The zero-order valence-corrected chi connectivity index (χ0v) is 12.3. The number of nitrogens with zero attached hydrogens (tertiary/aromatic N) is 3. The van der Waals surface area contributed by atoms with Crippen LogP contribution in [0.3, 0.4) is 0 Å². The van der Waals surface area contributed by atoms with Gasteiger partial charge in [0.05, 0.1) is 5.75 Å². The normalized spacial score (nSPS) is 20.6. The fraction of sp³-hybridized carbons (Fsp3) is 0.692. The van der Waals surface area contributed by atoms with Crippen molar-refractivity contribution in [1.29, 1.82) is 0 Å². The van der Waals surface area contributed by atoms with Crippen molar-refractivity contribution in [3.05, 3.63) is 11.9 Å². The molecule has 1 saturated heterocycles. The van der Waals surface area contributed by atoms with Crippen molar-refractivity contribution < 1.29 is 9.90 Å². The van der Waals surface area contributed by atoms with Crippen molar-refractivity contribution in [1.82, 2.24) is 14.5 Å². The molecule has 1 aliphatic rings. The van der Waals surface area contributed by atoms with Gasteiger partial charge in [0.1, 0.15) is 0 Å². The van der Waals surface area contributed by atoms with Crippen LogP contribution in [0.15, 0.2) is 11.4 Å². The lowest BCUT2D eigenvalue weighted by atomic mass is 10.1. The minimum absolute atomic E-state index is 0.0721. The number of aromatic nitrogens is 2. The predicted octanol–water partition coefficient (Wildman–Crippen LogP) is 1.89. The van der Waals surface area contributed by atoms with Crippen LogP contribution in [0, 0.1) is 0 Å². The number of carboxylic acid groups (broad SMARTS) is 1. The second-order valence-electron chi connectivity index (χ2n) is 5.00. The van der Waals surface area contributed by atoms with Crippen molar-refractivity contribution in [3.8, 4) is 0 Å². The molecule has 1 N–H and O–H groups in total. The van der Waals surface area contributed by atoms with Gasteiger partial charge in [-0.15, -0.1) is 0 Å². The third kappa shape index (κ3) is 3.51. The lowest BCUT2D eigenvalue weighted by molar-refractivity contribution is -0.133. The number of imidazole rings is 1. The summed E-state index contributed by atoms with van der Waals surface area (Å²) in [6.07, 6.45) is 5.15. The Labute approximate surface area is 118 Å². The molecule has 2 rings (SSSR count). The zero-order valence-electron chi connectivity index (χ0n) is 11.5. The van der Waals surface area contributed by atoms with E-state index in [2.05, 4.69) is 28.4 Å². The molecule has 1 aromatic heterocycles. The van der Waals surface area contributed by atoms with Crippen molar-refractivity contribution >= 4 is 17.7 Å². The number of rotatable bonds is 5. The average molecular weight is 283 g/mol. The topological polar surface area (TPSA) is 58.4 Å². The van der Waals surface area contributed by atoms with Crippen LogP contribution >= 0.6 is 11.8 Å². The minimum Gasteiger partial charge on any atom is -0.481 e. The number of likely N-dealkylation sites (tertiary alicyclic amines) is 1. The molecule has 1 aromatic rings. The first-order valence-electron chi connectivity index (χ1n) is 6.71. The van der Waals surface area contributed by atoms with E-state index in [-0.39, 0.29) is 5.75 Å². The summed E-state index contributed by atoms with van der Waals surface area (Å²) >= 11 is 1.32. The average Bonchev–Trinajstić information content (AvgIpc) is 2.79. The van der Waals surface area contributed by atoms with E-state index < -0.39 is 5.97 Å². The number of hydrogen-bond acceptors (Lipinski definition) is 4. The molecule has 0 bridgehead atoms. The van der Waals surface area contributed by atoms with E-state index in [0.717, 1.165) is 31.1 Å². The Balaban J connectivity index is 2.20. The molecule has 1 aliphatic heterocycles. The Morgan fingerprint density at radius 1 is 1.63 bits per heavy atom. The molecular formula is C13H21N3O2S. The largest absolute Gasteiger partial charge is 0.481 e. The van der Waals surface area contributed by atoms with Crippen LogP contribution in [-0.2, 0) is 11.2 Å². The maximum atomic E-state index is 10.7. The Bertz CT molecular complexity index is 447. The van der Waals surface area contributed by atoms with E-state index in [4.69, 9.17) is 5.11 Å². The van der Waals surface area contributed by atoms with Gasteiger partial charge in [-0.1, -0.05) is 18.7 Å². The van der Waals surface area contributed by atoms with Crippen molar-refractivity contribution in [2.75, 3.05) is 25.9 Å². The Morgan fingerprint density at radius 3 is 3.05 bits per heavy atom. The number of piperidine rings is 1. The van der Waals surface area contributed by atoms with Crippen molar-refractivity contribution in [2.45, 2.75) is 37.4 Å². The summed E-state index contributed by atoms with van der Waals surface area (Å²) in [6, 6.07) is 0.424. The molecule has 0 aromatic carbocycles. The molecule has 6 heteroatoms. The quantitative estimate of drug-likeness (QED) is 0.836. The van der Waals surface area contributed by atoms with Gasteiger partial charge in [-0.25, -0.2) is 4.98 Å². The van der Waals surface area contributed by atoms with E-state index in [9.17, 15) is 4.79 Å². The van der Waals surface area contributed by atoms with E-state index in [1.165, 1.54) is 23.9 Å². The van der Waals surface area contributed by atoms with Gasteiger partial charge < -0.3 is 14.6 Å². The predicted molar refractivity (Wildman–Crippen MR) is 75.7 cm³/mol. The zero-order chi connectivity index (χ0) is 13.8. The Kier molecular flexibility index (Phi) is 4.87. The van der Waals surface area contributed by atoms with Gasteiger partial charge in [0.2, 0.25) is 0 Å². The summed E-state index contributed by atoms with van der Waals surface area (Å²) in [5.74, 6) is -0.721. The van der Waals surface area contributed by atoms with Crippen LogP contribution in [-0.4, -0.2) is 51.4 Å². The number of aliphatic carboxylic acids is 1. The van der Waals surface area contributed by atoms with Gasteiger partial charge in [0.25, 0.3) is 0 Å². The van der Waals surface area contributed by atoms with Crippen LogP contribution in [0.2, 0.25) is 0 Å². The van der Waals surface area contributed by atoms with Gasteiger partial charge in [-0.05, 0) is 32.9 Å². The van der Waals surface area contributed by atoms with Gasteiger partial charge in [-0.2, -0.15) is 0 Å². The van der Waals surface area contributed by atoms with E-state index in [1.807, 2.05) is 6.20 Å². The molecule has 0 radical (unpaired) electrons. The minimum atomic E-state index is -0.793. The molecule has 0 spiro atoms. The highest BCUT2D eigenvalue weighted by atomic mass is 32.2. The molecule has 0 saturated carbocycles. The van der Waals surface area contributed by atoms with E-state index >= 15 is 0 Å². The van der Waals surface area contributed by atoms with E-state index in [0.29, 0.717) is 6.04 Å². The molecule has 5 nitrogen and oxygen atoms in total. The van der Waals surface area contributed by atoms with Crippen LogP contribution in [0.4, 0.5) is 0 Å². The van der Waals surface area contributed by atoms with Crippen LogP contribution in [0.5, 0.6) is 0 Å². The summed E-state index contributed by atoms with van der Waals surface area (Å²) in [4.78, 5) is 17.5. The van der Waals surface area contributed by atoms with Gasteiger partial charge in [0, 0.05) is 24.5 Å². The van der Waals surface area contributed by atoms with Crippen LogP contribution < -0.4 is 0 Å². The second kappa shape index (κ2) is 6.43. The highest BCUT2D eigenvalue weighted by molar-refractivity contribution is 7.99. The molecule has 1 fully saturated rings. The molecular weight excluding hydrogens is 262 g/mol. The summed E-state index contributed by atoms with van der Waals surface area (Å²) in [5.41, 5.74) is 1.20. The fourth-order valence-electron chi connectivity index (χ4n) is 2.61. The Morgan fingerprint density at radius 2 is 2.42 bits per heavy atom. The summed E-state index contributed by atoms with van der Waals surface area (Å²) in [5, 5.41) is 9.66. The first-order chi connectivity index (χ1) is 9.11. The van der Waals surface area contributed by atoms with Gasteiger partial charge in [-0.3, -0.25) is 4.79 Å². The number of carboxylic acids is 1. The second-order valence-corrected chi connectivity index (χ2v) is 5.94. The SMILES string of the molecule is CCc1cnc(SCC(=O)O)n1C1CCCN(C)C1. The monoisotopic (exact) mass is 283 g/mol. The van der Waals surface area contributed by atoms with Crippen molar-refractivity contribution in [2.24, 2.45) is 0 Å². The van der Waals surface area contributed by atoms with Crippen LogP contribution in [0.1, 0.15) is 31.5 Å².